The van der Waals surface area contributed by atoms with Gasteiger partial charge in [-0.1, -0.05) is 0 Å². The first kappa shape index (κ1) is 13.8. The maximum Gasteiger partial charge on any atom is 0.244 e. The van der Waals surface area contributed by atoms with Crippen molar-refractivity contribution in [2.45, 2.75) is 46.3 Å². The summed E-state index contributed by atoms with van der Waals surface area (Å²) in [5.74, 6) is 1.92. The van der Waals surface area contributed by atoms with Crippen LogP contribution in [0.15, 0.2) is 6.07 Å². The van der Waals surface area contributed by atoms with Crippen LogP contribution in [0.5, 0.6) is 0 Å². The van der Waals surface area contributed by atoms with Crippen LogP contribution in [0.25, 0.3) is 0 Å². The average molecular weight is 288 g/mol. The van der Waals surface area contributed by atoms with Crippen molar-refractivity contribution in [2.24, 2.45) is 0 Å². The Hall–Kier alpha value is -2.18. The molecule has 112 valence electrons. The van der Waals surface area contributed by atoms with Crippen LogP contribution in [0.1, 0.15) is 29.5 Å². The summed E-state index contributed by atoms with van der Waals surface area (Å²) in [6.07, 6.45) is 2.09. The van der Waals surface area contributed by atoms with E-state index in [1.54, 1.807) is 16.6 Å². The third-order valence-electron chi connectivity index (χ3n) is 3.88. The second-order valence-corrected chi connectivity index (χ2v) is 5.62. The number of carbonyl (C=O) groups is 1. The van der Waals surface area contributed by atoms with Crippen LogP contribution in [0, 0.1) is 13.8 Å². The van der Waals surface area contributed by atoms with Crippen LogP contribution >= 0.6 is 0 Å². The highest BCUT2D eigenvalue weighted by Crippen LogP contribution is 2.15. The normalized spacial score (nSPS) is 13.5. The first-order valence-electron chi connectivity index (χ1n) is 7.20. The lowest BCUT2D eigenvalue weighted by molar-refractivity contribution is -0.131. The number of likely N-dealkylation sites (N-methyl/N-ethyl adjacent to an activating group) is 1. The van der Waals surface area contributed by atoms with Gasteiger partial charge in [0.25, 0.3) is 0 Å². The highest BCUT2D eigenvalue weighted by atomic mass is 16.2. The quantitative estimate of drug-likeness (QED) is 0.830. The molecule has 0 N–H and O–H groups in total. The number of hydrogen-bond acceptors (Lipinski definition) is 4. The van der Waals surface area contributed by atoms with E-state index in [2.05, 4.69) is 19.9 Å². The van der Waals surface area contributed by atoms with E-state index in [1.807, 2.05) is 19.9 Å². The molecular weight excluding hydrogens is 268 g/mol. The number of rotatable bonds is 4. The smallest absolute Gasteiger partial charge is 0.244 e. The van der Waals surface area contributed by atoms with E-state index in [-0.39, 0.29) is 12.5 Å². The summed E-state index contributed by atoms with van der Waals surface area (Å²) in [5, 5.41) is 12.7. The number of nitrogens with zero attached hydrogens (tertiary/aromatic N) is 6. The van der Waals surface area contributed by atoms with Gasteiger partial charge in [0.15, 0.2) is 5.82 Å². The van der Waals surface area contributed by atoms with Crippen molar-refractivity contribution in [3.63, 3.8) is 0 Å². The van der Waals surface area contributed by atoms with Crippen LogP contribution in [0.2, 0.25) is 0 Å². The Morgan fingerprint density at radius 2 is 2.19 bits per heavy atom. The number of aryl methyl sites for hydroxylation is 3. The molecule has 2 aromatic rings. The van der Waals surface area contributed by atoms with Crippen molar-refractivity contribution >= 4 is 5.91 Å². The monoisotopic (exact) mass is 288 g/mol. The fraction of sp³-hybridized carbons (Fsp3) is 0.571. The highest BCUT2D eigenvalue weighted by molar-refractivity contribution is 5.75. The van der Waals surface area contributed by atoms with Crippen molar-refractivity contribution in [1.29, 1.82) is 0 Å². The van der Waals surface area contributed by atoms with Crippen molar-refractivity contribution in [3.8, 4) is 0 Å². The van der Waals surface area contributed by atoms with Gasteiger partial charge in [-0.05, 0) is 26.3 Å². The largest absolute Gasteiger partial charge is 0.337 e. The predicted molar refractivity (Wildman–Crippen MR) is 76.5 cm³/mol. The molecule has 0 aromatic carbocycles. The molecule has 0 atom stereocenters. The summed E-state index contributed by atoms with van der Waals surface area (Å²) in [5.41, 5.74) is 1.93. The van der Waals surface area contributed by atoms with Gasteiger partial charge in [-0.3, -0.25) is 9.48 Å². The standard InChI is InChI=1S/C14H20N6O/c1-10-7-11(2)20(17-10)9-14(21)18(3)8-13-16-15-12-5-4-6-19(12)13/h7H,4-6,8-9H2,1-3H3. The summed E-state index contributed by atoms with van der Waals surface area (Å²) in [6.45, 7) is 5.59. The van der Waals surface area contributed by atoms with Gasteiger partial charge in [-0.25, -0.2) is 0 Å². The number of fused-ring (bicyclic) bond motifs is 1. The van der Waals surface area contributed by atoms with Crippen molar-refractivity contribution in [2.75, 3.05) is 7.05 Å². The van der Waals surface area contributed by atoms with Gasteiger partial charge in [0, 0.05) is 25.7 Å². The summed E-state index contributed by atoms with van der Waals surface area (Å²) in [7, 11) is 1.80. The van der Waals surface area contributed by atoms with E-state index in [4.69, 9.17) is 0 Å². The van der Waals surface area contributed by atoms with Crippen molar-refractivity contribution in [1.82, 2.24) is 29.4 Å². The van der Waals surface area contributed by atoms with E-state index < -0.39 is 0 Å². The average Bonchev–Trinajstić information content (AvgIpc) is 3.09. The van der Waals surface area contributed by atoms with E-state index in [0.717, 1.165) is 42.4 Å². The third kappa shape index (κ3) is 2.68. The second kappa shape index (κ2) is 5.31. The number of amides is 1. The van der Waals surface area contributed by atoms with E-state index in [9.17, 15) is 4.79 Å². The summed E-state index contributed by atoms with van der Waals surface area (Å²) in [6, 6.07) is 1.97. The molecule has 1 amide bonds. The zero-order chi connectivity index (χ0) is 15.0. The predicted octanol–water partition coefficient (Wildman–Crippen LogP) is 0.696. The van der Waals surface area contributed by atoms with Gasteiger partial charge >= 0.3 is 0 Å². The SMILES string of the molecule is Cc1cc(C)n(CC(=O)N(C)Cc2nnc3n2CCC3)n1. The molecule has 0 saturated carbocycles. The lowest BCUT2D eigenvalue weighted by Crippen LogP contribution is -2.31. The Labute approximate surface area is 123 Å². The van der Waals surface area contributed by atoms with Crippen LogP contribution in [-0.4, -0.2) is 42.4 Å². The minimum Gasteiger partial charge on any atom is -0.337 e. The molecule has 3 heterocycles. The number of hydrogen-bond donors (Lipinski definition) is 0. The highest BCUT2D eigenvalue weighted by Gasteiger charge is 2.20. The van der Waals surface area contributed by atoms with Crippen molar-refractivity contribution in [3.05, 3.63) is 29.1 Å². The van der Waals surface area contributed by atoms with Gasteiger partial charge in [0.1, 0.15) is 12.4 Å². The molecule has 0 spiro atoms. The number of carbonyl (C=O) groups excluding carboxylic acids is 1. The summed E-state index contributed by atoms with van der Waals surface area (Å²) >= 11 is 0. The Bertz CT molecular complexity index is 671. The molecule has 0 fully saturated rings. The molecule has 21 heavy (non-hydrogen) atoms. The van der Waals surface area contributed by atoms with Crippen molar-refractivity contribution < 1.29 is 4.79 Å². The molecule has 0 bridgehead atoms. The lowest BCUT2D eigenvalue weighted by atomic mass is 10.4. The minimum atomic E-state index is 0.0246. The van der Waals surface area contributed by atoms with Gasteiger partial charge < -0.3 is 9.47 Å². The van der Waals surface area contributed by atoms with E-state index in [1.165, 1.54) is 0 Å². The Balaban J connectivity index is 1.66. The maximum atomic E-state index is 12.3. The summed E-state index contributed by atoms with van der Waals surface area (Å²) < 4.78 is 3.86. The molecule has 2 aromatic heterocycles. The maximum absolute atomic E-state index is 12.3. The Morgan fingerprint density at radius 3 is 2.90 bits per heavy atom. The topological polar surface area (TPSA) is 68.8 Å². The number of aromatic nitrogens is 5. The molecule has 1 aliphatic heterocycles. The first-order valence-corrected chi connectivity index (χ1v) is 7.20. The second-order valence-electron chi connectivity index (χ2n) is 5.62. The van der Waals surface area contributed by atoms with Gasteiger partial charge in [0.2, 0.25) is 5.91 Å². The van der Waals surface area contributed by atoms with Crippen LogP contribution in [-0.2, 0) is 30.8 Å². The molecule has 7 nitrogen and oxygen atoms in total. The molecule has 3 rings (SSSR count). The van der Waals surface area contributed by atoms with E-state index in [0.29, 0.717) is 6.54 Å². The molecule has 0 saturated heterocycles. The lowest BCUT2D eigenvalue weighted by Gasteiger charge is -2.17. The van der Waals surface area contributed by atoms with Gasteiger partial charge in [0.05, 0.1) is 12.2 Å². The van der Waals surface area contributed by atoms with Crippen LogP contribution in [0.4, 0.5) is 0 Å². The molecular formula is C14H20N6O. The Kier molecular flexibility index (Phi) is 3.48. The summed E-state index contributed by atoms with van der Waals surface area (Å²) in [4.78, 5) is 14.0. The minimum absolute atomic E-state index is 0.0246. The zero-order valence-electron chi connectivity index (χ0n) is 12.7. The Morgan fingerprint density at radius 1 is 1.38 bits per heavy atom. The first-order chi connectivity index (χ1) is 10.0. The zero-order valence-corrected chi connectivity index (χ0v) is 12.7. The molecule has 1 aliphatic rings. The van der Waals surface area contributed by atoms with Crippen LogP contribution < -0.4 is 0 Å². The molecule has 0 unspecified atom stereocenters. The molecule has 0 aliphatic carbocycles. The fourth-order valence-electron chi connectivity index (χ4n) is 2.71. The molecule has 0 radical (unpaired) electrons. The van der Waals surface area contributed by atoms with Gasteiger partial charge in [-0.2, -0.15) is 5.10 Å². The van der Waals surface area contributed by atoms with Crippen LogP contribution in [0.3, 0.4) is 0 Å². The third-order valence-corrected chi connectivity index (χ3v) is 3.88. The van der Waals surface area contributed by atoms with E-state index >= 15 is 0 Å². The fourth-order valence-corrected chi connectivity index (χ4v) is 2.71. The molecule has 7 heteroatoms. The van der Waals surface area contributed by atoms with Gasteiger partial charge in [-0.15, -0.1) is 10.2 Å².